The van der Waals surface area contributed by atoms with Crippen molar-refractivity contribution in [2.75, 3.05) is 13.7 Å². The monoisotopic (exact) mass is 225 g/mol. The van der Waals surface area contributed by atoms with Gasteiger partial charge in [0.2, 0.25) is 0 Å². The minimum Gasteiger partial charge on any atom is -0.368 e. The van der Waals surface area contributed by atoms with Gasteiger partial charge in [-0.1, -0.05) is 13.8 Å². The molecule has 5 heteroatoms. The average Bonchev–Trinajstić information content (AvgIpc) is 2.13. The standard InChI is InChI=1S/C10H18F3NO/c1-4-9(2)7(14-3)5-8(9)15-6-10(11,12)13/h7-8,14H,4-6H2,1-3H3. The van der Waals surface area contributed by atoms with Gasteiger partial charge < -0.3 is 10.1 Å². The molecule has 1 aliphatic carbocycles. The summed E-state index contributed by atoms with van der Waals surface area (Å²) in [6.07, 6.45) is -3.02. The van der Waals surface area contributed by atoms with Crippen molar-refractivity contribution in [3.63, 3.8) is 0 Å². The third-order valence-corrected chi connectivity index (χ3v) is 3.54. The zero-order chi connectivity index (χ0) is 11.7. The number of ether oxygens (including phenoxy) is 1. The molecule has 1 aliphatic rings. The van der Waals surface area contributed by atoms with Crippen molar-refractivity contribution in [2.24, 2.45) is 5.41 Å². The molecule has 0 amide bonds. The van der Waals surface area contributed by atoms with E-state index in [4.69, 9.17) is 4.74 Å². The number of nitrogens with one attached hydrogen (secondary N) is 1. The molecule has 1 N–H and O–H groups in total. The van der Waals surface area contributed by atoms with Crippen molar-refractivity contribution >= 4 is 0 Å². The fourth-order valence-electron chi connectivity index (χ4n) is 2.19. The van der Waals surface area contributed by atoms with Gasteiger partial charge in [0.05, 0.1) is 6.10 Å². The molecule has 15 heavy (non-hydrogen) atoms. The largest absolute Gasteiger partial charge is 0.411 e. The first-order chi connectivity index (χ1) is 6.83. The van der Waals surface area contributed by atoms with Crippen molar-refractivity contribution in [3.05, 3.63) is 0 Å². The van der Waals surface area contributed by atoms with E-state index in [1.54, 1.807) is 0 Å². The van der Waals surface area contributed by atoms with Crippen molar-refractivity contribution < 1.29 is 17.9 Å². The van der Waals surface area contributed by atoms with Crippen LogP contribution in [0.2, 0.25) is 0 Å². The Kier molecular flexibility index (Phi) is 3.66. The topological polar surface area (TPSA) is 21.3 Å². The van der Waals surface area contributed by atoms with E-state index >= 15 is 0 Å². The van der Waals surface area contributed by atoms with Crippen LogP contribution in [-0.2, 0) is 4.74 Å². The molecule has 1 fully saturated rings. The predicted molar refractivity (Wildman–Crippen MR) is 51.7 cm³/mol. The quantitative estimate of drug-likeness (QED) is 0.793. The molecule has 0 bridgehead atoms. The van der Waals surface area contributed by atoms with Crippen LogP contribution < -0.4 is 5.32 Å². The highest BCUT2D eigenvalue weighted by Gasteiger charge is 2.51. The Hall–Kier alpha value is -0.290. The Balaban J connectivity index is 2.45. The van der Waals surface area contributed by atoms with E-state index in [1.165, 1.54) is 0 Å². The van der Waals surface area contributed by atoms with Gasteiger partial charge in [-0.3, -0.25) is 0 Å². The van der Waals surface area contributed by atoms with Gasteiger partial charge in [-0.15, -0.1) is 0 Å². The van der Waals surface area contributed by atoms with Crippen LogP contribution in [0.3, 0.4) is 0 Å². The highest BCUT2D eigenvalue weighted by atomic mass is 19.4. The third-order valence-electron chi connectivity index (χ3n) is 3.54. The Labute approximate surface area is 88.2 Å². The summed E-state index contributed by atoms with van der Waals surface area (Å²) >= 11 is 0. The van der Waals surface area contributed by atoms with Gasteiger partial charge in [0.15, 0.2) is 0 Å². The Morgan fingerprint density at radius 3 is 2.47 bits per heavy atom. The maximum atomic E-state index is 12.0. The summed E-state index contributed by atoms with van der Waals surface area (Å²) in [6.45, 7) is 2.82. The fourth-order valence-corrected chi connectivity index (χ4v) is 2.19. The van der Waals surface area contributed by atoms with Crippen molar-refractivity contribution in [1.82, 2.24) is 5.32 Å². The molecule has 0 spiro atoms. The first-order valence-corrected chi connectivity index (χ1v) is 5.19. The first-order valence-electron chi connectivity index (χ1n) is 5.19. The van der Waals surface area contributed by atoms with Crippen LogP contribution in [0.15, 0.2) is 0 Å². The molecule has 0 heterocycles. The lowest BCUT2D eigenvalue weighted by molar-refractivity contribution is -0.220. The lowest BCUT2D eigenvalue weighted by Gasteiger charge is -2.53. The van der Waals surface area contributed by atoms with Gasteiger partial charge in [0.25, 0.3) is 0 Å². The molecular formula is C10H18F3NO. The van der Waals surface area contributed by atoms with E-state index in [9.17, 15) is 13.2 Å². The minimum atomic E-state index is -4.22. The molecule has 0 aromatic rings. The van der Waals surface area contributed by atoms with Gasteiger partial charge in [-0.05, 0) is 19.9 Å². The summed E-state index contributed by atoms with van der Waals surface area (Å²) in [5.41, 5.74) is -0.167. The maximum absolute atomic E-state index is 12.0. The molecule has 3 unspecified atom stereocenters. The molecule has 0 aromatic carbocycles. The van der Waals surface area contributed by atoms with E-state index in [0.29, 0.717) is 6.42 Å². The summed E-state index contributed by atoms with van der Waals surface area (Å²) in [4.78, 5) is 0. The average molecular weight is 225 g/mol. The van der Waals surface area contributed by atoms with Crippen LogP contribution in [0, 0.1) is 5.41 Å². The van der Waals surface area contributed by atoms with Crippen LogP contribution in [0.4, 0.5) is 13.2 Å². The van der Waals surface area contributed by atoms with E-state index in [-0.39, 0.29) is 17.6 Å². The third kappa shape index (κ3) is 2.64. The van der Waals surface area contributed by atoms with Crippen LogP contribution in [0.25, 0.3) is 0 Å². The van der Waals surface area contributed by atoms with Crippen LogP contribution >= 0.6 is 0 Å². The Bertz CT molecular complexity index is 219. The number of rotatable bonds is 4. The zero-order valence-corrected chi connectivity index (χ0v) is 9.32. The molecule has 0 radical (unpaired) electrons. The molecular weight excluding hydrogens is 207 g/mol. The molecule has 1 rings (SSSR count). The Morgan fingerprint density at radius 1 is 1.47 bits per heavy atom. The molecule has 1 saturated carbocycles. The summed E-state index contributed by atoms with van der Waals surface area (Å²) in [6, 6.07) is 0.265. The molecule has 90 valence electrons. The molecule has 0 saturated heterocycles. The number of hydrogen-bond donors (Lipinski definition) is 1. The lowest BCUT2D eigenvalue weighted by atomic mass is 9.61. The highest BCUT2D eigenvalue weighted by molar-refractivity contribution is 5.04. The molecule has 2 nitrogen and oxygen atoms in total. The number of halogens is 3. The van der Waals surface area contributed by atoms with Gasteiger partial charge in [-0.2, -0.15) is 13.2 Å². The zero-order valence-electron chi connectivity index (χ0n) is 9.32. The Morgan fingerprint density at radius 2 is 2.07 bits per heavy atom. The number of hydrogen-bond acceptors (Lipinski definition) is 2. The van der Waals surface area contributed by atoms with Gasteiger partial charge in [0.1, 0.15) is 6.61 Å². The van der Waals surface area contributed by atoms with Crippen LogP contribution in [0.5, 0.6) is 0 Å². The van der Waals surface area contributed by atoms with Gasteiger partial charge in [0, 0.05) is 11.5 Å². The van der Waals surface area contributed by atoms with E-state index in [0.717, 1.165) is 6.42 Å². The summed E-state index contributed by atoms with van der Waals surface area (Å²) < 4.78 is 40.8. The van der Waals surface area contributed by atoms with Gasteiger partial charge in [-0.25, -0.2) is 0 Å². The summed E-state index contributed by atoms with van der Waals surface area (Å²) in [7, 11) is 1.83. The van der Waals surface area contributed by atoms with E-state index in [2.05, 4.69) is 5.32 Å². The molecule has 3 atom stereocenters. The van der Waals surface area contributed by atoms with Crippen molar-refractivity contribution in [1.29, 1.82) is 0 Å². The summed E-state index contributed by atoms with van der Waals surface area (Å²) in [5, 5.41) is 3.11. The molecule has 0 aliphatic heterocycles. The smallest absolute Gasteiger partial charge is 0.368 e. The van der Waals surface area contributed by atoms with E-state index in [1.807, 2.05) is 20.9 Å². The van der Waals surface area contributed by atoms with Crippen LogP contribution in [-0.4, -0.2) is 32.0 Å². The predicted octanol–water partition coefficient (Wildman–Crippen LogP) is 2.34. The van der Waals surface area contributed by atoms with Crippen LogP contribution in [0.1, 0.15) is 26.7 Å². The lowest BCUT2D eigenvalue weighted by Crippen LogP contribution is -2.61. The minimum absolute atomic E-state index is 0.167. The highest BCUT2D eigenvalue weighted by Crippen LogP contribution is 2.46. The summed E-state index contributed by atoms with van der Waals surface area (Å²) in [5.74, 6) is 0. The second-order valence-corrected chi connectivity index (χ2v) is 4.35. The normalized spacial score (nSPS) is 36.4. The molecule has 0 aromatic heterocycles. The second kappa shape index (κ2) is 4.29. The van der Waals surface area contributed by atoms with E-state index < -0.39 is 12.8 Å². The SMILES string of the molecule is CCC1(C)C(NC)CC1OCC(F)(F)F. The second-order valence-electron chi connectivity index (χ2n) is 4.35. The van der Waals surface area contributed by atoms with Crippen molar-refractivity contribution in [3.8, 4) is 0 Å². The fraction of sp³-hybridized carbons (Fsp3) is 1.00. The van der Waals surface area contributed by atoms with Gasteiger partial charge >= 0.3 is 6.18 Å². The first kappa shape index (κ1) is 12.8. The maximum Gasteiger partial charge on any atom is 0.411 e. The van der Waals surface area contributed by atoms with Crippen molar-refractivity contribution in [2.45, 2.75) is 45.0 Å². The number of alkyl halides is 3.